The topological polar surface area (TPSA) is 104 Å². The van der Waals surface area contributed by atoms with E-state index < -0.39 is 0 Å². The Balaban J connectivity index is 1.56. The minimum Gasteiger partial charge on any atom is -0.398 e. The van der Waals surface area contributed by atoms with Crippen molar-refractivity contribution in [1.29, 1.82) is 5.41 Å². The monoisotopic (exact) mass is 527 g/mol. The van der Waals surface area contributed by atoms with Crippen LogP contribution in [-0.4, -0.2) is 41.9 Å². The van der Waals surface area contributed by atoms with E-state index in [-0.39, 0.29) is 29.6 Å². The summed E-state index contributed by atoms with van der Waals surface area (Å²) < 4.78 is 5.75. The van der Waals surface area contributed by atoms with Gasteiger partial charge in [0.25, 0.3) is 5.91 Å². The molecule has 1 amide bonds. The van der Waals surface area contributed by atoms with Crippen LogP contribution in [0.2, 0.25) is 0 Å². The summed E-state index contributed by atoms with van der Waals surface area (Å²) in [5, 5.41) is 12.1. The molecule has 0 spiro atoms. The molecule has 3 unspecified atom stereocenters. The molecule has 1 aliphatic heterocycles. The average molecular weight is 528 g/mol. The van der Waals surface area contributed by atoms with E-state index in [1.165, 1.54) is 0 Å². The highest BCUT2D eigenvalue weighted by Crippen LogP contribution is 2.29. The SMILES string of the molecule is CCC(CC)C(NC(=O)c1ccc(N)c(C(=N)c2ccc(N3C(C)COCC3CC)cc2)c1)c1ccccn1. The molecule has 39 heavy (non-hydrogen) atoms. The van der Waals surface area contributed by atoms with Crippen LogP contribution in [0.3, 0.4) is 0 Å². The van der Waals surface area contributed by atoms with Gasteiger partial charge in [0.05, 0.1) is 36.7 Å². The van der Waals surface area contributed by atoms with E-state index in [4.69, 9.17) is 15.9 Å². The molecule has 2 aromatic carbocycles. The van der Waals surface area contributed by atoms with Crippen LogP contribution in [-0.2, 0) is 4.74 Å². The van der Waals surface area contributed by atoms with Gasteiger partial charge >= 0.3 is 0 Å². The van der Waals surface area contributed by atoms with Crippen LogP contribution >= 0.6 is 0 Å². The largest absolute Gasteiger partial charge is 0.398 e. The number of hydrogen-bond acceptors (Lipinski definition) is 6. The lowest BCUT2D eigenvalue weighted by molar-refractivity contribution is 0.0700. The summed E-state index contributed by atoms with van der Waals surface area (Å²) in [7, 11) is 0. The first-order valence-electron chi connectivity index (χ1n) is 14.0. The number of amides is 1. The zero-order valence-electron chi connectivity index (χ0n) is 23.5. The first kappa shape index (κ1) is 28.3. The number of nitrogen functional groups attached to an aromatic ring is 1. The second kappa shape index (κ2) is 12.9. The molecule has 0 bridgehead atoms. The maximum absolute atomic E-state index is 13.4. The van der Waals surface area contributed by atoms with Gasteiger partial charge in [0.15, 0.2) is 0 Å². The van der Waals surface area contributed by atoms with Crippen molar-refractivity contribution in [2.75, 3.05) is 23.8 Å². The molecule has 1 aliphatic rings. The Labute approximate surface area is 232 Å². The maximum atomic E-state index is 13.4. The molecule has 206 valence electrons. The summed E-state index contributed by atoms with van der Waals surface area (Å²) in [6, 6.07) is 19.4. The van der Waals surface area contributed by atoms with Gasteiger partial charge in [-0.1, -0.05) is 51.8 Å². The average Bonchev–Trinajstić information content (AvgIpc) is 2.97. The Kier molecular flexibility index (Phi) is 9.36. The molecule has 3 atom stereocenters. The number of carbonyl (C=O) groups is 1. The van der Waals surface area contributed by atoms with Crippen molar-refractivity contribution in [3.05, 3.63) is 89.2 Å². The Morgan fingerprint density at radius 1 is 1.08 bits per heavy atom. The van der Waals surface area contributed by atoms with Crippen molar-refractivity contribution in [2.45, 2.75) is 65.1 Å². The van der Waals surface area contributed by atoms with Gasteiger partial charge in [-0.05, 0) is 61.7 Å². The smallest absolute Gasteiger partial charge is 0.251 e. The summed E-state index contributed by atoms with van der Waals surface area (Å²) in [5.41, 5.74) is 10.8. The third-order valence-electron chi connectivity index (χ3n) is 7.86. The Morgan fingerprint density at radius 3 is 2.44 bits per heavy atom. The van der Waals surface area contributed by atoms with Crippen molar-refractivity contribution in [2.24, 2.45) is 5.92 Å². The number of benzene rings is 2. The van der Waals surface area contributed by atoms with Crippen LogP contribution < -0.4 is 16.0 Å². The highest BCUT2D eigenvalue weighted by molar-refractivity contribution is 6.15. The number of rotatable bonds is 10. The fraction of sp³-hybridized carbons (Fsp3) is 0.406. The van der Waals surface area contributed by atoms with Crippen LogP contribution in [0.15, 0.2) is 66.9 Å². The van der Waals surface area contributed by atoms with Crippen LogP contribution in [0.1, 0.15) is 80.2 Å². The fourth-order valence-electron chi connectivity index (χ4n) is 5.52. The predicted molar refractivity (Wildman–Crippen MR) is 159 cm³/mol. The number of nitrogens with zero attached hydrogens (tertiary/aromatic N) is 2. The number of hydrogen-bond donors (Lipinski definition) is 3. The predicted octanol–water partition coefficient (Wildman–Crippen LogP) is 5.99. The summed E-state index contributed by atoms with van der Waals surface area (Å²) in [6.07, 6.45) is 4.61. The zero-order valence-corrected chi connectivity index (χ0v) is 23.5. The Hall–Kier alpha value is -3.71. The van der Waals surface area contributed by atoms with Crippen LogP contribution in [0.5, 0.6) is 0 Å². The third-order valence-corrected chi connectivity index (χ3v) is 7.86. The van der Waals surface area contributed by atoms with E-state index in [1.807, 2.05) is 30.3 Å². The van der Waals surface area contributed by atoms with Gasteiger partial charge in [0, 0.05) is 40.3 Å². The second-order valence-corrected chi connectivity index (χ2v) is 10.4. The molecule has 2 heterocycles. The number of nitrogens with one attached hydrogen (secondary N) is 2. The van der Waals surface area contributed by atoms with Crippen molar-refractivity contribution < 1.29 is 9.53 Å². The maximum Gasteiger partial charge on any atom is 0.251 e. The summed E-state index contributed by atoms with van der Waals surface area (Å²) in [4.78, 5) is 20.4. The molecule has 1 aromatic heterocycles. The van der Waals surface area contributed by atoms with Gasteiger partial charge in [-0.2, -0.15) is 0 Å². The van der Waals surface area contributed by atoms with Crippen molar-refractivity contribution >= 4 is 23.0 Å². The van der Waals surface area contributed by atoms with Crippen molar-refractivity contribution in [3.8, 4) is 0 Å². The minimum absolute atomic E-state index is 0.198. The molecule has 0 radical (unpaired) electrons. The summed E-state index contributed by atoms with van der Waals surface area (Å²) >= 11 is 0. The van der Waals surface area contributed by atoms with E-state index in [0.29, 0.717) is 29.5 Å². The highest BCUT2D eigenvalue weighted by Gasteiger charge is 2.28. The van der Waals surface area contributed by atoms with Gasteiger partial charge in [-0.15, -0.1) is 0 Å². The van der Waals surface area contributed by atoms with E-state index in [0.717, 1.165) is 42.8 Å². The van der Waals surface area contributed by atoms with Gasteiger partial charge in [-0.3, -0.25) is 15.2 Å². The first-order chi connectivity index (χ1) is 18.9. The van der Waals surface area contributed by atoms with Crippen molar-refractivity contribution in [1.82, 2.24) is 10.3 Å². The van der Waals surface area contributed by atoms with Crippen LogP contribution in [0.25, 0.3) is 0 Å². The van der Waals surface area contributed by atoms with E-state index in [1.54, 1.807) is 24.4 Å². The highest BCUT2D eigenvalue weighted by atomic mass is 16.5. The zero-order chi connectivity index (χ0) is 27.9. The molecule has 7 heteroatoms. The third kappa shape index (κ3) is 6.31. The molecule has 1 saturated heterocycles. The minimum atomic E-state index is -0.200. The van der Waals surface area contributed by atoms with Crippen LogP contribution in [0.4, 0.5) is 11.4 Å². The number of morpholine rings is 1. The quantitative estimate of drug-likeness (QED) is 0.222. The van der Waals surface area contributed by atoms with Gasteiger partial charge in [-0.25, -0.2) is 0 Å². The molecule has 3 aromatic rings. The van der Waals surface area contributed by atoms with Crippen molar-refractivity contribution in [3.63, 3.8) is 0 Å². The number of ether oxygens (including phenoxy) is 1. The standard InChI is InChI=1S/C32H41N5O2/c1-5-22(6-2)31(29-10-8-9-17-35-29)36-32(38)24-13-16-28(33)27(18-24)30(34)23-11-14-26(15-12-23)37-21(4)19-39-20-25(37)7-3/h8-18,21-22,25,31,34H,5-7,19-20,33H2,1-4H3,(H,36,38). The number of carbonyl (C=O) groups excluding carboxylic acids is 1. The van der Waals surface area contributed by atoms with E-state index >= 15 is 0 Å². The Bertz CT molecular complexity index is 1260. The molecular formula is C32H41N5O2. The first-order valence-corrected chi connectivity index (χ1v) is 14.0. The molecule has 7 nitrogen and oxygen atoms in total. The number of nitrogens with two attached hydrogens (primary N) is 1. The number of aromatic nitrogens is 1. The van der Waals surface area contributed by atoms with Gasteiger partial charge in [0.2, 0.25) is 0 Å². The number of anilines is 2. The molecule has 4 N–H and O–H groups in total. The molecule has 1 fully saturated rings. The van der Waals surface area contributed by atoms with Gasteiger partial charge < -0.3 is 20.7 Å². The molecule has 0 aliphatic carbocycles. The number of pyridine rings is 1. The molecule has 4 rings (SSSR count). The van der Waals surface area contributed by atoms with E-state index in [2.05, 4.69) is 55.0 Å². The lowest BCUT2D eigenvalue weighted by Crippen LogP contribution is -2.50. The van der Waals surface area contributed by atoms with Gasteiger partial charge in [0.1, 0.15) is 0 Å². The van der Waals surface area contributed by atoms with Crippen LogP contribution in [0, 0.1) is 11.3 Å². The summed E-state index contributed by atoms with van der Waals surface area (Å²) in [6.45, 7) is 10.0. The second-order valence-electron chi connectivity index (χ2n) is 10.4. The fourth-order valence-corrected chi connectivity index (χ4v) is 5.52. The molecular weight excluding hydrogens is 486 g/mol. The lowest BCUT2D eigenvalue weighted by Gasteiger charge is -2.42. The molecule has 0 saturated carbocycles. The Morgan fingerprint density at radius 2 is 1.79 bits per heavy atom. The van der Waals surface area contributed by atoms with E-state index in [9.17, 15) is 4.79 Å². The summed E-state index contributed by atoms with van der Waals surface area (Å²) in [5.74, 6) is 0.0595. The normalized spacial score (nSPS) is 18.1. The lowest BCUT2D eigenvalue weighted by atomic mass is 9.91.